The smallest absolute Gasteiger partial charge is 0.317 e. The van der Waals surface area contributed by atoms with Crippen molar-refractivity contribution in [2.75, 3.05) is 32.7 Å². The average Bonchev–Trinajstić information content (AvgIpc) is 2.45. The topological polar surface area (TPSA) is 72.9 Å². The number of carbonyl (C=O) groups excluding carboxylic acids is 1. The molecule has 1 fully saturated rings. The lowest BCUT2D eigenvalue weighted by Crippen LogP contribution is -2.53. The minimum Gasteiger partial charge on any atom is -0.481 e. The Bertz CT molecular complexity index is 315. The van der Waals surface area contributed by atoms with Crippen LogP contribution in [0.25, 0.3) is 0 Å². The molecule has 0 aliphatic carbocycles. The van der Waals surface area contributed by atoms with Crippen molar-refractivity contribution in [2.24, 2.45) is 0 Å². The summed E-state index contributed by atoms with van der Waals surface area (Å²) in [6, 6.07) is 0.278. The van der Waals surface area contributed by atoms with Crippen molar-refractivity contribution < 1.29 is 14.7 Å². The van der Waals surface area contributed by atoms with E-state index in [1.54, 1.807) is 0 Å². The molecule has 1 unspecified atom stereocenters. The van der Waals surface area contributed by atoms with Crippen molar-refractivity contribution in [1.82, 2.24) is 15.1 Å². The number of nitrogens with one attached hydrogen (secondary N) is 1. The van der Waals surface area contributed by atoms with Gasteiger partial charge in [-0.05, 0) is 12.8 Å². The van der Waals surface area contributed by atoms with Crippen LogP contribution in [0, 0.1) is 0 Å². The number of carboxylic acid groups (broad SMARTS) is 1. The predicted molar refractivity (Wildman–Crippen MR) is 77.8 cm³/mol. The summed E-state index contributed by atoms with van der Waals surface area (Å²) >= 11 is 0. The first-order valence-electron chi connectivity index (χ1n) is 7.56. The van der Waals surface area contributed by atoms with E-state index in [4.69, 9.17) is 5.11 Å². The van der Waals surface area contributed by atoms with E-state index >= 15 is 0 Å². The van der Waals surface area contributed by atoms with Gasteiger partial charge in [-0.3, -0.25) is 9.69 Å². The molecule has 0 aromatic rings. The lowest BCUT2D eigenvalue weighted by Gasteiger charge is -2.35. The van der Waals surface area contributed by atoms with Gasteiger partial charge in [0.1, 0.15) is 0 Å². The van der Waals surface area contributed by atoms with E-state index in [-0.39, 0.29) is 18.5 Å². The van der Waals surface area contributed by atoms with E-state index in [1.165, 1.54) is 0 Å². The molecule has 1 rings (SSSR count). The van der Waals surface area contributed by atoms with Gasteiger partial charge in [0.2, 0.25) is 0 Å². The van der Waals surface area contributed by atoms with Crippen LogP contribution >= 0.6 is 0 Å². The van der Waals surface area contributed by atoms with Gasteiger partial charge in [0.15, 0.2) is 0 Å². The van der Waals surface area contributed by atoms with Gasteiger partial charge in [0.25, 0.3) is 0 Å². The first-order valence-corrected chi connectivity index (χ1v) is 7.56. The summed E-state index contributed by atoms with van der Waals surface area (Å²) in [4.78, 5) is 26.6. The molecule has 0 aromatic carbocycles. The number of carbonyl (C=O) groups is 2. The fourth-order valence-electron chi connectivity index (χ4n) is 2.42. The molecule has 20 heavy (non-hydrogen) atoms. The van der Waals surface area contributed by atoms with Crippen molar-refractivity contribution in [2.45, 2.75) is 45.6 Å². The second kappa shape index (κ2) is 8.79. The second-order valence-electron chi connectivity index (χ2n) is 5.32. The summed E-state index contributed by atoms with van der Waals surface area (Å²) in [6.45, 7) is 7.64. The van der Waals surface area contributed by atoms with Crippen molar-refractivity contribution in [3.8, 4) is 0 Å². The van der Waals surface area contributed by atoms with Gasteiger partial charge in [0.05, 0.1) is 6.42 Å². The number of hydrogen-bond donors (Lipinski definition) is 2. The van der Waals surface area contributed by atoms with Gasteiger partial charge < -0.3 is 15.3 Å². The maximum atomic E-state index is 12.1. The van der Waals surface area contributed by atoms with Crippen LogP contribution in [-0.4, -0.2) is 65.7 Å². The lowest BCUT2D eigenvalue weighted by molar-refractivity contribution is -0.137. The van der Waals surface area contributed by atoms with E-state index in [1.807, 2.05) is 4.90 Å². The minimum atomic E-state index is -0.768. The van der Waals surface area contributed by atoms with E-state index < -0.39 is 5.97 Å². The molecule has 1 atom stereocenters. The first kappa shape index (κ1) is 16.8. The highest BCUT2D eigenvalue weighted by atomic mass is 16.4. The van der Waals surface area contributed by atoms with Crippen LogP contribution in [0.2, 0.25) is 0 Å². The Kier molecular flexibility index (Phi) is 7.36. The Balaban J connectivity index is 2.29. The maximum absolute atomic E-state index is 12.1. The zero-order chi connectivity index (χ0) is 15.0. The number of hydrogen-bond acceptors (Lipinski definition) is 3. The molecule has 0 radical (unpaired) electrons. The van der Waals surface area contributed by atoms with Gasteiger partial charge in [-0.15, -0.1) is 0 Å². The van der Waals surface area contributed by atoms with Gasteiger partial charge in [-0.1, -0.05) is 20.3 Å². The Labute approximate surface area is 121 Å². The van der Waals surface area contributed by atoms with Gasteiger partial charge in [-0.2, -0.15) is 0 Å². The van der Waals surface area contributed by atoms with E-state index in [0.29, 0.717) is 19.6 Å². The summed E-state index contributed by atoms with van der Waals surface area (Å²) < 4.78 is 0. The van der Waals surface area contributed by atoms with Crippen molar-refractivity contribution in [1.29, 1.82) is 0 Å². The average molecular weight is 285 g/mol. The largest absolute Gasteiger partial charge is 0.481 e. The van der Waals surface area contributed by atoms with Crippen LogP contribution < -0.4 is 5.32 Å². The highest BCUT2D eigenvalue weighted by molar-refractivity contribution is 5.74. The van der Waals surface area contributed by atoms with E-state index in [2.05, 4.69) is 24.1 Å². The number of rotatable bonds is 7. The zero-order valence-corrected chi connectivity index (χ0v) is 12.6. The summed E-state index contributed by atoms with van der Waals surface area (Å²) in [5, 5.41) is 11.7. The SMILES string of the molecule is CCCC(CC)NC(=O)N1CCN(CCC(=O)O)CC1. The van der Waals surface area contributed by atoms with Crippen LogP contribution in [0.15, 0.2) is 0 Å². The molecule has 1 heterocycles. The Hall–Kier alpha value is -1.30. The number of urea groups is 1. The van der Waals surface area contributed by atoms with Gasteiger partial charge in [-0.25, -0.2) is 4.79 Å². The molecule has 0 bridgehead atoms. The highest BCUT2D eigenvalue weighted by Gasteiger charge is 2.22. The highest BCUT2D eigenvalue weighted by Crippen LogP contribution is 2.06. The molecule has 6 nitrogen and oxygen atoms in total. The Morgan fingerprint density at radius 2 is 1.85 bits per heavy atom. The molecule has 0 aromatic heterocycles. The molecule has 1 aliphatic heterocycles. The monoisotopic (exact) mass is 285 g/mol. The number of amides is 2. The van der Waals surface area contributed by atoms with E-state index in [0.717, 1.165) is 32.4 Å². The van der Waals surface area contributed by atoms with Crippen molar-refractivity contribution in [3.05, 3.63) is 0 Å². The van der Waals surface area contributed by atoms with E-state index in [9.17, 15) is 9.59 Å². The van der Waals surface area contributed by atoms with Crippen molar-refractivity contribution in [3.63, 3.8) is 0 Å². The second-order valence-corrected chi connectivity index (χ2v) is 5.32. The summed E-state index contributed by atoms with van der Waals surface area (Å²) in [7, 11) is 0. The number of carboxylic acids is 1. The Morgan fingerprint density at radius 1 is 1.20 bits per heavy atom. The summed E-state index contributed by atoms with van der Waals surface area (Å²) in [5.74, 6) is -0.768. The molecule has 0 saturated carbocycles. The number of nitrogens with zero attached hydrogens (tertiary/aromatic N) is 2. The van der Waals surface area contributed by atoms with Crippen LogP contribution in [0.5, 0.6) is 0 Å². The van der Waals surface area contributed by atoms with Gasteiger partial charge >= 0.3 is 12.0 Å². The molecule has 1 aliphatic rings. The first-order chi connectivity index (χ1) is 9.56. The maximum Gasteiger partial charge on any atom is 0.317 e. The molecular formula is C14H27N3O3. The third-order valence-electron chi connectivity index (χ3n) is 3.76. The molecule has 1 saturated heterocycles. The van der Waals surface area contributed by atoms with Gasteiger partial charge in [0, 0.05) is 38.8 Å². The standard InChI is InChI=1S/C14H27N3O3/c1-3-5-12(4-2)15-14(20)17-10-8-16(9-11-17)7-6-13(18)19/h12H,3-11H2,1-2H3,(H,15,20)(H,18,19). The molecule has 0 spiro atoms. The molecule has 2 amide bonds. The van der Waals surface area contributed by atoms with Crippen LogP contribution in [0.1, 0.15) is 39.5 Å². The molecular weight excluding hydrogens is 258 g/mol. The summed E-state index contributed by atoms with van der Waals surface area (Å²) in [5.41, 5.74) is 0. The quantitative estimate of drug-likeness (QED) is 0.741. The number of aliphatic carboxylic acids is 1. The van der Waals surface area contributed by atoms with Crippen LogP contribution in [-0.2, 0) is 4.79 Å². The van der Waals surface area contributed by atoms with Crippen LogP contribution in [0.4, 0.5) is 4.79 Å². The molecule has 6 heteroatoms. The Morgan fingerprint density at radius 3 is 2.35 bits per heavy atom. The fourth-order valence-corrected chi connectivity index (χ4v) is 2.42. The lowest BCUT2D eigenvalue weighted by atomic mass is 10.1. The fraction of sp³-hybridized carbons (Fsp3) is 0.857. The molecule has 2 N–H and O–H groups in total. The summed E-state index contributed by atoms with van der Waals surface area (Å²) in [6.07, 6.45) is 3.21. The normalized spacial score (nSPS) is 17.8. The van der Waals surface area contributed by atoms with Crippen LogP contribution in [0.3, 0.4) is 0 Å². The zero-order valence-electron chi connectivity index (χ0n) is 12.6. The third-order valence-corrected chi connectivity index (χ3v) is 3.76. The number of piperazine rings is 1. The minimum absolute atomic E-state index is 0.0168. The molecule has 116 valence electrons. The third kappa shape index (κ3) is 5.77. The van der Waals surface area contributed by atoms with Crippen molar-refractivity contribution >= 4 is 12.0 Å². The predicted octanol–water partition coefficient (Wildman–Crippen LogP) is 1.37.